The Bertz CT molecular complexity index is 705. The predicted octanol–water partition coefficient (Wildman–Crippen LogP) is 5.53. The highest BCUT2D eigenvalue weighted by atomic mass is 16.3. The lowest BCUT2D eigenvalue weighted by molar-refractivity contribution is 0.152. The van der Waals surface area contributed by atoms with Gasteiger partial charge in [-0.3, -0.25) is 4.99 Å². The van der Waals surface area contributed by atoms with Crippen molar-refractivity contribution in [1.29, 1.82) is 0 Å². The first-order valence-corrected chi connectivity index (χ1v) is 17.3. The van der Waals surface area contributed by atoms with E-state index in [-0.39, 0.29) is 28.8 Å². The van der Waals surface area contributed by atoms with Crippen molar-refractivity contribution in [3.05, 3.63) is 12.3 Å². The molecule has 0 aliphatic carbocycles. The maximum absolute atomic E-state index is 8.37. The smallest absolute Gasteiger partial charge is 0.0556 e. The summed E-state index contributed by atoms with van der Waals surface area (Å²) < 4.78 is 0. The van der Waals surface area contributed by atoms with Gasteiger partial charge in [-0.25, -0.2) is 0 Å². The van der Waals surface area contributed by atoms with Crippen LogP contribution in [0.25, 0.3) is 0 Å². The van der Waals surface area contributed by atoms with E-state index < -0.39 is 0 Å². The zero-order valence-electron chi connectivity index (χ0n) is 32.2. The van der Waals surface area contributed by atoms with E-state index in [1.165, 1.54) is 52.0 Å². The maximum Gasteiger partial charge on any atom is 0.0556 e. The van der Waals surface area contributed by atoms with E-state index in [0.29, 0.717) is 18.5 Å². The van der Waals surface area contributed by atoms with Crippen LogP contribution in [-0.2, 0) is 0 Å². The zero-order valence-corrected chi connectivity index (χ0v) is 32.2. The van der Waals surface area contributed by atoms with E-state index in [0.717, 1.165) is 13.1 Å². The van der Waals surface area contributed by atoms with Crippen molar-refractivity contribution in [2.45, 2.75) is 144 Å². The van der Waals surface area contributed by atoms with Gasteiger partial charge in [-0.15, -0.1) is 0 Å². The highest BCUT2D eigenvalue weighted by molar-refractivity contribution is 5.66. The zero-order chi connectivity index (χ0) is 34.5. The number of aliphatic imine (C=N–C) groups is 1. The van der Waals surface area contributed by atoms with Crippen molar-refractivity contribution in [3.8, 4) is 0 Å². The number of hydrogen-bond acceptors (Lipinski definition) is 8. The molecule has 5 N–H and O–H groups in total. The Morgan fingerprint density at radius 2 is 1.20 bits per heavy atom. The van der Waals surface area contributed by atoms with Crippen LogP contribution in [0.3, 0.4) is 0 Å². The molecule has 1 saturated heterocycles. The normalized spacial score (nSPS) is 17.9. The van der Waals surface area contributed by atoms with E-state index in [4.69, 9.17) is 5.11 Å². The van der Waals surface area contributed by atoms with Crippen molar-refractivity contribution in [1.82, 2.24) is 31.1 Å². The Labute approximate surface area is 275 Å². The van der Waals surface area contributed by atoms with Crippen molar-refractivity contribution >= 4 is 6.21 Å². The second-order valence-corrected chi connectivity index (χ2v) is 16.7. The maximum atomic E-state index is 8.37. The topological polar surface area (TPSA) is 87.2 Å². The van der Waals surface area contributed by atoms with E-state index >= 15 is 0 Å². The second-order valence-electron chi connectivity index (χ2n) is 16.7. The summed E-state index contributed by atoms with van der Waals surface area (Å²) in [5, 5.41) is 21.9. The molecule has 1 unspecified atom stereocenters. The van der Waals surface area contributed by atoms with Gasteiger partial charge in [0.05, 0.1) is 6.61 Å². The van der Waals surface area contributed by atoms with Crippen molar-refractivity contribution in [2.24, 2.45) is 10.9 Å². The van der Waals surface area contributed by atoms with Crippen molar-refractivity contribution in [2.75, 3.05) is 66.0 Å². The monoisotopic (exact) mass is 626 g/mol. The molecule has 0 aromatic carbocycles. The first kappa shape index (κ1) is 45.3. The molecular formula is C36H79N7O. The first-order chi connectivity index (χ1) is 20.0. The average Bonchev–Trinajstić information content (AvgIpc) is 3.36. The van der Waals surface area contributed by atoms with Crippen LogP contribution in [0.4, 0.5) is 0 Å². The van der Waals surface area contributed by atoms with Crippen LogP contribution in [0.2, 0.25) is 0 Å². The summed E-state index contributed by atoms with van der Waals surface area (Å²) in [6.45, 7) is 39.6. The van der Waals surface area contributed by atoms with Crippen LogP contribution in [0.5, 0.6) is 0 Å². The number of likely N-dealkylation sites (N-methyl/N-ethyl adjacent to an activating group) is 1. The summed E-state index contributed by atoms with van der Waals surface area (Å²) in [7, 11) is 2.21. The van der Waals surface area contributed by atoms with Gasteiger partial charge in [-0.05, 0) is 129 Å². The van der Waals surface area contributed by atoms with Gasteiger partial charge in [0.2, 0.25) is 0 Å². The molecule has 0 bridgehead atoms. The molecule has 264 valence electrons. The largest absolute Gasteiger partial charge is 0.395 e. The molecular weight excluding hydrogens is 546 g/mol. The van der Waals surface area contributed by atoms with Crippen LogP contribution in [-0.4, -0.2) is 115 Å². The fourth-order valence-corrected chi connectivity index (χ4v) is 4.48. The minimum Gasteiger partial charge on any atom is -0.395 e. The predicted molar refractivity (Wildman–Crippen MR) is 197 cm³/mol. The van der Waals surface area contributed by atoms with Gasteiger partial charge in [-0.2, -0.15) is 0 Å². The number of hydrogen-bond donors (Lipinski definition) is 5. The number of piperazine rings is 1. The third-order valence-corrected chi connectivity index (χ3v) is 6.46. The van der Waals surface area contributed by atoms with E-state index in [2.05, 4.69) is 146 Å². The molecule has 44 heavy (non-hydrogen) atoms. The standard InChI is InChI=1S/C12H27N3.C11H20N2.C7H17N.C6H15NO/c1-12(2,3)13-6-5-7-15-10-8-14(4)9-11-15;1-11(2,3)13-7-4-5-10-6-8-12-9-10;1-6(2)8-7(3,4)5;1-6(2,3)7-4-5-8/h13H,5-11H2,1-4H3;6,8-10,13H,4-5,7H2,1-3H3;6,8H,1-5H3;7-8H,4-5H2,1-3H3. The molecule has 8 nitrogen and oxygen atoms in total. The molecule has 0 aromatic rings. The molecule has 1 fully saturated rings. The molecule has 8 heteroatoms. The quantitative estimate of drug-likeness (QED) is 0.193. The molecule has 0 spiro atoms. The highest BCUT2D eigenvalue weighted by Gasteiger charge is 2.14. The highest BCUT2D eigenvalue weighted by Crippen LogP contribution is 2.10. The summed E-state index contributed by atoms with van der Waals surface area (Å²) in [5.41, 5.74) is 0.929. The molecule has 0 saturated carbocycles. The molecule has 0 radical (unpaired) electrons. The van der Waals surface area contributed by atoms with Gasteiger partial charge in [0.15, 0.2) is 0 Å². The fourth-order valence-electron chi connectivity index (χ4n) is 4.48. The molecule has 0 amide bonds. The van der Waals surface area contributed by atoms with Crippen LogP contribution >= 0.6 is 0 Å². The summed E-state index contributed by atoms with van der Waals surface area (Å²) in [4.78, 5) is 9.05. The van der Waals surface area contributed by atoms with Crippen molar-refractivity contribution < 1.29 is 5.11 Å². The number of rotatable bonds is 11. The van der Waals surface area contributed by atoms with Gasteiger partial charge < -0.3 is 36.2 Å². The average molecular weight is 626 g/mol. The number of allylic oxidation sites excluding steroid dienone is 1. The SMILES string of the molecule is CC(C)(C)NCCCC1C=CN=C1.CC(C)(C)NCCO.CC(C)NC(C)(C)C.CN1CCN(CCCNC(C)(C)C)CC1. The Balaban J connectivity index is 0. The molecule has 2 rings (SSSR count). The Kier molecular flexibility index (Phi) is 24.1. The van der Waals surface area contributed by atoms with Gasteiger partial charge in [-0.1, -0.05) is 19.9 Å². The van der Waals surface area contributed by atoms with Crippen LogP contribution in [0, 0.1) is 5.92 Å². The molecule has 2 aliphatic rings. The lowest BCUT2D eigenvalue weighted by atomic mass is 10.0. The molecule has 2 aliphatic heterocycles. The van der Waals surface area contributed by atoms with Crippen LogP contribution in [0.15, 0.2) is 17.3 Å². The third kappa shape index (κ3) is 37.3. The second kappa shape index (κ2) is 23.4. The van der Waals surface area contributed by atoms with Gasteiger partial charge >= 0.3 is 0 Å². The van der Waals surface area contributed by atoms with Crippen molar-refractivity contribution in [3.63, 3.8) is 0 Å². The lowest BCUT2D eigenvalue weighted by Gasteiger charge is -2.32. The minimum absolute atomic E-state index is 0.142. The summed E-state index contributed by atoms with van der Waals surface area (Å²) in [6.07, 6.45) is 9.78. The Morgan fingerprint density at radius 3 is 1.55 bits per heavy atom. The fraction of sp³-hybridized carbons (Fsp3) is 0.917. The van der Waals surface area contributed by atoms with Gasteiger partial charge in [0, 0.05) is 79.3 Å². The summed E-state index contributed by atoms with van der Waals surface area (Å²) in [6, 6.07) is 0.593. The Morgan fingerprint density at radius 1 is 0.727 bits per heavy atom. The molecule has 0 aromatic heterocycles. The first-order valence-electron chi connectivity index (χ1n) is 17.3. The van der Waals surface area contributed by atoms with Gasteiger partial charge in [0.1, 0.15) is 0 Å². The number of β-amino-alcohol motifs (C(OH)–C–C–N with tert-alkyl or cyclic N) is 1. The van der Waals surface area contributed by atoms with E-state index in [9.17, 15) is 0 Å². The number of nitrogens with zero attached hydrogens (tertiary/aromatic N) is 3. The van der Waals surface area contributed by atoms with Crippen LogP contribution < -0.4 is 21.3 Å². The van der Waals surface area contributed by atoms with E-state index in [1.54, 1.807) is 0 Å². The number of aliphatic hydroxyl groups excluding tert-OH is 1. The number of nitrogens with one attached hydrogen (secondary N) is 4. The summed E-state index contributed by atoms with van der Waals surface area (Å²) in [5.74, 6) is 0.585. The van der Waals surface area contributed by atoms with Crippen LogP contribution in [0.1, 0.15) is 116 Å². The molecule has 2 heterocycles. The molecule has 1 atom stereocenters. The lowest BCUT2D eigenvalue weighted by Crippen LogP contribution is -2.45. The third-order valence-electron chi connectivity index (χ3n) is 6.46. The van der Waals surface area contributed by atoms with E-state index in [1.807, 2.05) is 12.4 Å². The Hall–Kier alpha value is -0.870. The number of aliphatic hydroxyl groups is 1. The van der Waals surface area contributed by atoms with Gasteiger partial charge in [0.25, 0.3) is 0 Å². The minimum atomic E-state index is 0.142. The summed E-state index contributed by atoms with van der Waals surface area (Å²) >= 11 is 0.